The van der Waals surface area contributed by atoms with E-state index in [1.165, 1.54) is 167 Å². The summed E-state index contributed by atoms with van der Waals surface area (Å²) in [5.41, 5.74) is 0. The molecule has 0 heterocycles. The highest BCUT2D eigenvalue weighted by Gasteiger charge is 2.25. The second-order valence-corrected chi connectivity index (χ2v) is 19.5. The SMILES string of the molecule is CCCCC/C=C\C/C=C\CCCCCCCCCCCC(=O)OC(COC(=O)CCCCCCCCCCC/C=C\CCCCCCCCCC)COC(OCC[N+](C)(C)C)C(=O)O. The smallest absolute Gasteiger partial charge is 0.361 e. The highest BCUT2D eigenvalue weighted by molar-refractivity contribution is 5.71. The van der Waals surface area contributed by atoms with Gasteiger partial charge in [0, 0.05) is 12.8 Å². The van der Waals surface area contributed by atoms with Gasteiger partial charge in [-0.25, -0.2) is 4.79 Å². The Hall–Kier alpha value is -2.49. The summed E-state index contributed by atoms with van der Waals surface area (Å²) in [6, 6.07) is 0. The largest absolute Gasteiger partial charge is 0.477 e. The third-order valence-corrected chi connectivity index (χ3v) is 11.9. The van der Waals surface area contributed by atoms with E-state index >= 15 is 0 Å². The quantitative estimate of drug-likeness (QED) is 0.0211. The maximum absolute atomic E-state index is 12.8. The molecule has 0 aromatic carbocycles. The Labute approximate surface area is 400 Å². The van der Waals surface area contributed by atoms with Crippen molar-refractivity contribution in [3.63, 3.8) is 0 Å². The number of rotatable bonds is 50. The molecule has 0 saturated heterocycles. The Kier molecular flexibility index (Phi) is 46.1. The fourth-order valence-corrected chi connectivity index (χ4v) is 7.63. The molecular weight excluding hydrogens is 815 g/mol. The van der Waals surface area contributed by atoms with E-state index in [2.05, 4.69) is 50.3 Å². The minimum Gasteiger partial charge on any atom is -0.477 e. The molecule has 0 aliphatic heterocycles. The van der Waals surface area contributed by atoms with Crippen LogP contribution in [0.2, 0.25) is 0 Å². The highest BCUT2D eigenvalue weighted by Crippen LogP contribution is 2.15. The van der Waals surface area contributed by atoms with Crippen LogP contribution < -0.4 is 0 Å². The van der Waals surface area contributed by atoms with E-state index < -0.39 is 24.3 Å². The van der Waals surface area contributed by atoms with Crippen molar-refractivity contribution in [1.29, 1.82) is 0 Å². The van der Waals surface area contributed by atoms with Gasteiger partial charge in [0.25, 0.3) is 6.29 Å². The second kappa shape index (κ2) is 48.0. The number of aliphatic carboxylic acids is 1. The first-order valence-corrected chi connectivity index (χ1v) is 27.2. The molecule has 0 spiro atoms. The average Bonchev–Trinajstić information content (AvgIpc) is 3.27. The molecule has 0 amide bonds. The Morgan fingerprint density at radius 1 is 0.462 bits per heavy atom. The fraction of sp³-hybridized carbons (Fsp3) is 0.839. The van der Waals surface area contributed by atoms with E-state index in [-0.39, 0.29) is 32.2 Å². The number of quaternary nitrogens is 1. The molecule has 9 heteroatoms. The lowest BCUT2D eigenvalue weighted by Gasteiger charge is -2.25. The van der Waals surface area contributed by atoms with Gasteiger partial charge < -0.3 is 28.5 Å². The Balaban J connectivity index is 4.29. The number of likely N-dealkylation sites (N-methyl/N-ethyl adjacent to an activating group) is 1. The number of hydrogen-bond donors (Lipinski definition) is 1. The van der Waals surface area contributed by atoms with Crippen LogP contribution in [0.25, 0.3) is 0 Å². The van der Waals surface area contributed by atoms with Gasteiger partial charge in [0.15, 0.2) is 6.10 Å². The number of allylic oxidation sites excluding steroid dienone is 6. The molecule has 0 aliphatic carbocycles. The number of unbranched alkanes of at least 4 members (excludes halogenated alkanes) is 29. The van der Waals surface area contributed by atoms with Crippen molar-refractivity contribution >= 4 is 17.9 Å². The highest BCUT2D eigenvalue weighted by atomic mass is 16.7. The number of nitrogens with zero attached hydrogens (tertiary/aromatic N) is 1. The van der Waals surface area contributed by atoms with Crippen molar-refractivity contribution in [2.24, 2.45) is 0 Å². The van der Waals surface area contributed by atoms with Crippen LogP contribution in [-0.4, -0.2) is 87.4 Å². The van der Waals surface area contributed by atoms with E-state index in [9.17, 15) is 19.5 Å². The van der Waals surface area contributed by atoms with Gasteiger partial charge in [-0.1, -0.05) is 198 Å². The number of carbonyl (C=O) groups excluding carboxylic acids is 2. The molecule has 0 fully saturated rings. The summed E-state index contributed by atoms with van der Waals surface area (Å²) < 4.78 is 22.8. The zero-order chi connectivity index (χ0) is 47.7. The van der Waals surface area contributed by atoms with Crippen LogP contribution in [0.1, 0.15) is 245 Å². The van der Waals surface area contributed by atoms with E-state index in [1.54, 1.807) is 0 Å². The minimum absolute atomic E-state index is 0.183. The van der Waals surface area contributed by atoms with Gasteiger partial charge in [-0.05, 0) is 70.6 Å². The average molecular weight is 919 g/mol. The van der Waals surface area contributed by atoms with Crippen LogP contribution in [0.5, 0.6) is 0 Å². The number of carboxylic acid groups (broad SMARTS) is 1. The summed E-state index contributed by atoms with van der Waals surface area (Å²) in [6.45, 7) is 4.87. The Morgan fingerprint density at radius 3 is 1.26 bits per heavy atom. The number of carboxylic acids is 1. The molecule has 0 radical (unpaired) electrons. The van der Waals surface area contributed by atoms with Crippen molar-refractivity contribution in [3.05, 3.63) is 36.5 Å². The molecule has 1 N–H and O–H groups in total. The summed E-state index contributed by atoms with van der Waals surface area (Å²) in [6.07, 6.45) is 53.5. The summed E-state index contributed by atoms with van der Waals surface area (Å²) in [4.78, 5) is 37.3. The van der Waals surface area contributed by atoms with Crippen LogP contribution >= 0.6 is 0 Å². The lowest BCUT2D eigenvalue weighted by atomic mass is 10.1. The van der Waals surface area contributed by atoms with Gasteiger partial charge in [0.05, 0.1) is 34.4 Å². The lowest BCUT2D eigenvalue weighted by Crippen LogP contribution is -2.40. The fourth-order valence-electron chi connectivity index (χ4n) is 7.63. The zero-order valence-corrected chi connectivity index (χ0v) is 43.2. The van der Waals surface area contributed by atoms with E-state index in [1.807, 2.05) is 21.1 Å². The first kappa shape index (κ1) is 62.5. The number of carbonyl (C=O) groups is 3. The van der Waals surface area contributed by atoms with Crippen molar-refractivity contribution in [2.45, 2.75) is 257 Å². The van der Waals surface area contributed by atoms with Crippen molar-refractivity contribution < 1.29 is 42.9 Å². The predicted octanol–water partition coefficient (Wildman–Crippen LogP) is 15.3. The Morgan fingerprint density at radius 2 is 0.831 bits per heavy atom. The summed E-state index contributed by atoms with van der Waals surface area (Å²) in [7, 11) is 5.97. The zero-order valence-electron chi connectivity index (χ0n) is 43.2. The van der Waals surface area contributed by atoms with Crippen LogP contribution in [0.3, 0.4) is 0 Å². The van der Waals surface area contributed by atoms with Crippen LogP contribution in [0.4, 0.5) is 0 Å². The number of hydrogen-bond acceptors (Lipinski definition) is 7. The topological polar surface area (TPSA) is 108 Å². The van der Waals surface area contributed by atoms with E-state index in [4.69, 9.17) is 18.9 Å². The lowest BCUT2D eigenvalue weighted by molar-refractivity contribution is -0.870. The molecule has 9 nitrogen and oxygen atoms in total. The molecule has 0 bridgehead atoms. The number of ether oxygens (including phenoxy) is 4. The van der Waals surface area contributed by atoms with Gasteiger partial charge in [-0.2, -0.15) is 0 Å². The standard InChI is InChI=1S/C56H103NO8/c1-6-8-10-12-14-16-18-20-22-24-26-27-29-30-32-34-36-38-40-42-44-46-53(58)63-50-52(51-64-56(55(60)61)62-49-48-57(3,4)5)65-54(59)47-45-43-41-39-37-35-33-31-28-25-23-21-19-17-15-13-11-9-7-2/h15,17,21,23-24,26,52,56H,6-14,16,18-20,22,25,27-51H2,1-5H3/p+1/b17-15-,23-21-,26-24-. The third kappa shape index (κ3) is 49.2. The van der Waals surface area contributed by atoms with Gasteiger partial charge in [-0.15, -0.1) is 0 Å². The van der Waals surface area contributed by atoms with E-state index in [0.717, 1.165) is 51.4 Å². The van der Waals surface area contributed by atoms with Crippen LogP contribution in [0.15, 0.2) is 36.5 Å². The predicted molar refractivity (Wildman–Crippen MR) is 272 cm³/mol. The van der Waals surface area contributed by atoms with Gasteiger partial charge in [0.1, 0.15) is 13.2 Å². The summed E-state index contributed by atoms with van der Waals surface area (Å²) in [5, 5.41) is 9.68. The van der Waals surface area contributed by atoms with Crippen molar-refractivity contribution in [2.75, 3.05) is 47.5 Å². The molecule has 380 valence electrons. The van der Waals surface area contributed by atoms with Crippen molar-refractivity contribution in [3.8, 4) is 0 Å². The third-order valence-electron chi connectivity index (χ3n) is 11.9. The molecular formula is C56H104NO8+. The molecule has 0 aromatic rings. The summed E-state index contributed by atoms with van der Waals surface area (Å²) in [5.74, 6) is -2.00. The van der Waals surface area contributed by atoms with Gasteiger partial charge >= 0.3 is 17.9 Å². The maximum Gasteiger partial charge on any atom is 0.361 e. The van der Waals surface area contributed by atoms with Gasteiger partial charge in [-0.3, -0.25) is 9.59 Å². The maximum atomic E-state index is 12.8. The molecule has 0 aliphatic rings. The normalized spacial score (nSPS) is 13.1. The first-order valence-electron chi connectivity index (χ1n) is 27.2. The van der Waals surface area contributed by atoms with Crippen molar-refractivity contribution in [1.82, 2.24) is 0 Å². The Bertz CT molecular complexity index is 1160. The molecule has 2 unspecified atom stereocenters. The summed E-state index contributed by atoms with van der Waals surface area (Å²) >= 11 is 0. The number of esters is 2. The first-order chi connectivity index (χ1) is 31.6. The molecule has 65 heavy (non-hydrogen) atoms. The van der Waals surface area contributed by atoms with E-state index in [0.29, 0.717) is 17.4 Å². The second-order valence-electron chi connectivity index (χ2n) is 19.5. The monoisotopic (exact) mass is 919 g/mol. The molecule has 0 saturated carbocycles. The van der Waals surface area contributed by atoms with Crippen LogP contribution in [-0.2, 0) is 33.3 Å². The molecule has 2 atom stereocenters. The van der Waals surface area contributed by atoms with Crippen LogP contribution in [0, 0.1) is 0 Å². The molecule has 0 rings (SSSR count). The van der Waals surface area contributed by atoms with Gasteiger partial charge in [0.2, 0.25) is 0 Å². The molecule has 0 aromatic heterocycles. The minimum atomic E-state index is -1.51.